The minimum atomic E-state index is 0.823. The Labute approximate surface area is 103 Å². The van der Waals surface area contributed by atoms with Crippen LogP contribution in [0, 0.1) is 0 Å². The molecule has 2 aromatic rings. The van der Waals surface area contributed by atoms with Crippen molar-refractivity contribution in [3.8, 4) is 11.1 Å². The average molecular weight is 220 g/mol. The van der Waals surface area contributed by atoms with E-state index < -0.39 is 0 Å². The quantitative estimate of drug-likeness (QED) is 0.640. The van der Waals surface area contributed by atoms with Crippen LogP contribution in [0.5, 0.6) is 0 Å². The lowest BCUT2D eigenvalue weighted by Gasteiger charge is -2.10. The van der Waals surface area contributed by atoms with E-state index >= 15 is 0 Å². The SMILES string of the molecule is C=CCC(=C)c1ccccc1-c1ccccc1. The molecule has 0 heteroatoms. The first-order chi connectivity index (χ1) is 8.33. The number of hydrogen-bond acceptors (Lipinski definition) is 0. The fraction of sp³-hybridized carbons (Fsp3) is 0.0588. The zero-order valence-electron chi connectivity index (χ0n) is 9.89. The molecule has 0 fully saturated rings. The van der Waals surface area contributed by atoms with Gasteiger partial charge in [0.25, 0.3) is 0 Å². The fourth-order valence-corrected chi connectivity index (χ4v) is 1.95. The number of benzene rings is 2. The maximum atomic E-state index is 4.13. The Hall–Kier alpha value is -2.08. The summed E-state index contributed by atoms with van der Waals surface area (Å²) in [6, 6.07) is 18.8. The Morgan fingerprint density at radius 1 is 0.941 bits per heavy atom. The van der Waals surface area contributed by atoms with Crippen molar-refractivity contribution in [3.63, 3.8) is 0 Å². The molecule has 84 valence electrons. The molecule has 0 N–H and O–H groups in total. The molecule has 17 heavy (non-hydrogen) atoms. The van der Waals surface area contributed by atoms with Gasteiger partial charge in [-0.1, -0.05) is 67.3 Å². The van der Waals surface area contributed by atoms with Gasteiger partial charge in [-0.3, -0.25) is 0 Å². The van der Waals surface area contributed by atoms with Crippen LogP contribution < -0.4 is 0 Å². The minimum absolute atomic E-state index is 0.823. The van der Waals surface area contributed by atoms with Crippen LogP contribution >= 0.6 is 0 Å². The van der Waals surface area contributed by atoms with Gasteiger partial charge in [0, 0.05) is 0 Å². The summed E-state index contributed by atoms with van der Waals surface area (Å²) < 4.78 is 0. The van der Waals surface area contributed by atoms with Crippen LogP contribution in [0.25, 0.3) is 16.7 Å². The van der Waals surface area contributed by atoms with E-state index in [4.69, 9.17) is 0 Å². The van der Waals surface area contributed by atoms with E-state index in [0.717, 1.165) is 12.0 Å². The summed E-state index contributed by atoms with van der Waals surface area (Å²) in [5.74, 6) is 0. The van der Waals surface area contributed by atoms with E-state index in [1.807, 2.05) is 12.1 Å². The molecule has 2 aromatic carbocycles. The van der Waals surface area contributed by atoms with Gasteiger partial charge in [-0.15, -0.1) is 6.58 Å². The van der Waals surface area contributed by atoms with Gasteiger partial charge in [-0.2, -0.15) is 0 Å². The van der Waals surface area contributed by atoms with Crippen molar-refractivity contribution in [1.29, 1.82) is 0 Å². The van der Waals surface area contributed by atoms with Crippen LogP contribution in [0.3, 0.4) is 0 Å². The van der Waals surface area contributed by atoms with E-state index in [9.17, 15) is 0 Å². The summed E-state index contributed by atoms with van der Waals surface area (Å²) in [6.07, 6.45) is 2.72. The van der Waals surface area contributed by atoms with Gasteiger partial charge >= 0.3 is 0 Å². The largest absolute Gasteiger partial charge is 0.103 e. The summed E-state index contributed by atoms with van der Waals surface area (Å²) in [5.41, 5.74) is 4.78. The molecule has 0 spiro atoms. The van der Waals surface area contributed by atoms with E-state index in [2.05, 4.69) is 61.7 Å². The molecule has 0 aliphatic heterocycles. The molecule has 0 amide bonds. The second-order valence-corrected chi connectivity index (χ2v) is 4.01. The topological polar surface area (TPSA) is 0 Å². The average Bonchev–Trinajstić information content (AvgIpc) is 2.40. The van der Waals surface area contributed by atoms with Crippen molar-refractivity contribution in [3.05, 3.63) is 79.4 Å². The Morgan fingerprint density at radius 2 is 1.59 bits per heavy atom. The Kier molecular flexibility index (Phi) is 3.56. The zero-order chi connectivity index (χ0) is 12.1. The van der Waals surface area contributed by atoms with Crippen LogP contribution in [-0.4, -0.2) is 0 Å². The third-order valence-corrected chi connectivity index (χ3v) is 2.78. The zero-order valence-corrected chi connectivity index (χ0v) is 9.89. The van der Waals surface area contributed by atoms with Gasteiger partial charge in [-0.25, -0.2) is 0 Å². The highest BCUT2D eigenvalue weighted by Gasteiger charge is 2.05. The van der Waals surface area contributed by atoms with Crippen molar-refractivity contribution in [2.45, 2.75) is 6.42 Å². The number of rotatable bonds is 4. The Bertz CT molecular complexity index is 521. The molecule has 0 saturated carbocycles. The molecule has 0 aromatic heterocycles. The van der Waals surface area contributed by atoms with Crippen LogP contribution in [0.15, 0.2) is 73.8 Å². The van der Waals surface area contributed by atoms with Gasteiger partial charge in [0.15, 0.2) is 0 Å². The Balaban J connectivity index is 2.48. The standard InChI is InChI=1S/C17H16/c1-3-9-14(2)16-12-7-8-13-17(16)15-10-5-4-6-11-15/h3-8,10-13H,1-2,9H2. The Morgan fingerprint density at radius 3 is 2.29 bits per heavy atom. The third kappa shape index (κ3) is 2.54. The lowest BCUT2D eigenvalue weighted by molar-refractivity contribution is 1.41. The maximum Gasteiger partial charge on any atom is -0.00998 e. The highest BCUT2D eigenvalue weighted by atomic mass is 14.1. The van der Waals surface area contributed by atoms with Gasteiger partial charge in [0.05, 0.1) is 0 Å². The highest BCUT2D eigenvalue weighted by Crippen LogP contribution is 2.29. The van der Waals surface area contributed by atoms with Gasteiger partial charge in [-0.05, 0) is 28.7 Å². The molecule has 0 bridgehead atoms. The first-order valence-electron chi connectivity index (χ1n) is 5.76. The lowest BCUT2D eigenvalue weighted by atomic mass is 9.94. The molecule has 0 atom stereocenters. The number of hydrogen-bond donors (Lipinski definition) is 0. The molecule has 0 radical (unpaired) electrons. The summed E-state index contributed by atoms with van der Waals surface area (Å²) in [6.45, 7) is 7.90. The van der Waals surface area contributed by atoms with Gasteiger partial charge in [0.1, 0.15) is 0 Å². The molecule has 0 nitrogen and oxygen atoms in total. The molecular weight excluding hydrogens is 204 g/mol. The summed E-state index contributed by atoms with van der Waals surface area (Å²) >= 11 is 0. The summed E-state index contributed by atoms with van der Waals surface area (Å²) in [4.78, 5) is 0. The molecule has 0 aliphatic carbocycles. The smallest absolute Gasteiger partial charge is 0.00998 e. The van der Waals surface area contributed by atoms with E-state index in [-0.39, 0.29) is 0 Å². The molecular formula is C17H16. The molecule has 0 unspecified atom stereocenters. The van der Waals surface area contributed by atoms with Crippen molar-refractivity contribution in [1.82, 2.24) is 0 Å². The van der Waals surface area contributed by atoms with Crippen molar-refractivity contribution in [2.24, 2.45) is 0 Å². The summed E-state index contributed by atoms with van der Waals surface area (Å²) in [7, 11) is 0. The van der Waals surface area contributed by atoms with E-state index in [1.165, 1.54) is 16.7 Å². The van der Waals surface area contributed by atoms with Gasteiger partial charge < -0.3 is 0 Å². The lowest BCUT2D eigenvalue weighted by Crippen LogP contribution is -1.87. The molecule has 2 rings (SSSR count). The van der Waals surface area contributed by atoms with Crippen LogP contribution in [0.4, 0.5) is 0 Å². The minimum Gasteiger partial charge on any atom is -0.103 e. The monoisotopic (exact) mass is 220 g/mol. The van der Waals surface area contributed by atoms with E-state index in [0.29, 0.717) is 0 Å². The fourth-order valence-electron chi connectivity index (χ4n) is 1.95. The normalized spacial score (nSPS) is 9.88. The van der Waals surface area contributed by atoms with Crippen LogP contribution in [-0.2, 0) is 0 Å². The van der Waals surface area contributed by atoms with E-state index in [1.54, 1.807) is 0 Å². The highest BCUT2D eigenvalue weighted by molar-refractivity contribution is 5.80. The second kappa shape index (κ2) is 5.31. The predicted molar refractivity (Wildman–Crippen MR) is 75.7 cm³/mol. The molecule has 0 aliphatic rings. The third-order valence-electron chi connectivity index (χ3n) is 2.78. The number of allylic oxidation sites excluding steroid dienone is 2. The second-order valence-electron chi connectivity index (χ2n) is 4.01. The molecule has 0 saturated heterocycles. The van der Waals surface area contributed by atoms with Gasteiger partial charge in [0.2, 0.25) is 0 Å². The van der Waals surface area contributed by atoms with Crippen LogP contribution in [0.1, 0.15) is 12.0 Å². The first-order valence-corrected chi connectivity index (χ1v) is 5.76. The van der Waals surface area contributed by atoms with Crippen molar-refractivity contribution >= 4 is 5.57 Å². The molecule has 0 heterocycles. The van der Waals surface area contributed by atoms with Crippen molar-refractivity contribution in [2.75, 3.05) is 0 Å². The van der Waals surface area contributed by atoms with Crippen molar-refractivity contribution < 1.29 is 0 Å². The van der Waals surface area contributed by atoms with Crippen LogP contribution in [0.2, 0.25) is 0 Å². The summed E-state index contributed by atoms with van der Waals surface area (Å²) in [5, 5.41) is 0. The first kappa shape index (κ1) is 11.4. The maximum absolute atomic E-state index is 4.13. The predicted octanol–water partition coefficient (Wildman–Crippen LogP) is 4.94.